The normalized spacial score (nSPS) is 17.9. The van der Waals surface area contributed by atoms with Gasteiger partial charge in [-0.1, -0.05) is 25.1 Å². The highest BCUT2D eigenvalue weighted by atomic mass is 16.6. The Bertz CT molecular complexity index is 336. The van der Waals surface area contributed by atoms with Crippen molar-refractivity contribution in [2.45, 2.75) is 25.4 Å². The summed E-state index contributed by atoms with van der Waals surface area (Å²) in [4.78, 5) is 0. The third kappa shape index (κ3) is 2.54. The fourth-order valence-corrected chi connectivity index (χ4v) is 1.86. The summed E-state index contributed by atoms with van der Waals surface area (Å²) >= 11 is 0. The van der Waals surface area contributed by atoms with Gasteiger partial charge >= 0.3 is 0 Å². The van der Waals surface area contributed by atoms with E-state index in [4.69, 9.17) is 15.2 Å². The van der Waals surface area contributed by atoms with Crippen molar-refractivity contribution in [3.05, 3.63) is 29.8 Å². The minimum atomic E-state index is 0.228. The van der Waals surface area contributed by atoms with Gasteiger partial charge in [-0.3, -0.25) is 0 Å². The molecule has 3 heteroatoms. The predicted octanol–water partition coefficient (Wildman–Crippen LogP) is 1.92. The summed E-state index contributed by atoms with van der Waals surface area (Å²) in [5.41, 5.74) is 6.84. The molecule has 3 nitrogen and oxygen atoms in total. The number of benzene rings is 1. The molecule has 2 N–H and O–H groups in total. The average Bonchev–Trinajstić information content (AvgIpc) is 2.24. The van der Waals surface area contributed by atoms with E-state index in [0.29, 0.717) is 25.7 Å². The van der Waals surface area contributed by atoms with Crippen molar-refractivity contribution in [2.24, 2.45) is 5.73 Å². The minimum absolute atomic E-state index is 0.228. The zero-order chi connectivity index (χ0) is 11.4. The molecular formula is C13H19NO2. The highest BCUT2D eigenvalue weighted by Gasteiger charge is 2.22. The van der Waals surface area contributed by atoms with Crippen LogP contribution in [0.1, 0.15) is 24.8 Å². The van der Waals surface area contributed by atoms with Crippen molar-refractivity contribution in [3.63, 3.8) is 0 Å². The second kappa shape index (κ2) is 5.32. The van der Waals surface area contributed by atoms with Gasteiger partial charge in [-0.15, -0.1) is 0 Å². The van der Waals surface area contributed by atoms with Crippen molar-refractivity contribution in [2.75, 3.05) is 19.8 Å². The lowest BCUT2D eigenvalue weighted by atomic mass is 9.97. The molecular weight excluding hydrogens is 202 g/mol. The lowest BCUT2D eigenvalue weighted by Crippen LogP contribution is -2.38. The molecule has 1 fully saturated rings. The summed E-state index contributed by atoms with van der Waals surface area (Å²) in [7, 11) is 0. The first-order valence-electron chi connectivity index (χ1n) is 5.84. The summed E-state index contributed by atoms with van der Waals surface area (Å²) in [5, 5.41) is 0. The highest BCUT2D eigenvalue weighted by molar-refractivity contribution is 5.36. The number of hydrogen-bond donors (Lipinski definition) is 1. The summed E-state index contributed by atoms with van der Waals surface area (Å²) in [6, 6.07) is 8.20. The number of hydrogen-bond acceptors (Lipinski definition) is 3. The van der Waals surface area contributed by atoms with Crippen LogP contribution in [0.3, 0.4) is 0 Å². The van der Waals surface area contributed by atoms with Crippen LogP contribution in [0.15, 0.2) is 24.3 Å². The Kier molecular flexibility index (Phi) is 3.80. The third-order valence-corrected chi connectivity index (χ3v) is 2.95. The Labute approximate surface area is 96.5 Å². The lowest BCUT2D eigenvalue weighted by molar-refractivity contribution is -0.0800. The van der Waals surface area contributed by atoms with Crippen molar-refractivity contribution >= 4 is 0 Å². The van der Waals surface area contributed by atoms with E-state index in [0.717, 1.165) is 12.2 Å². The number of para-hydroxylation sites is 1. The summed E-state index contributed by atoms with van der Waals surface area (Å²) in [6.07, 6.45) is 1.22. The summed E-state index contributed by atoms with van der Waals surface area (Å²) in [6.45, 7) is 4.31. The molecule has 0 radical (unpaired) electrons. The second-order valence-corrected chi connectivity index (χ2v) is 4.29. The quantitative estimate of drug-likeness (QED) is 0.826. The maximum atomic E-state index is 5.88. The van der Waals surface area contributed by atoms with Gasteiger partial charge < -0.3 is 15.2 Å². The average molecular weight is 221 g/mol. The molecule has 16 heavy (non-hydrogen) atoms. The molecule has 88 valence electrons. The van der Waals surface area contributed by atoms with Crippen molar-refractivity contribution < 1.29 is 9.47 Å². The number of ether oxygens (including phenoxy) is 2. The van der Waals surface area contributed by atoms with Gasteiger partial charge in [-0.25, -0.2) is 0 Å². The molecule has 1 unspecified atom stereocenters. The first-order chi connectivity index (χ1) is 7.81. The van der Waals surface area contributed by atoms with E-state index < -0.39 is 0 Å². The first-order valence-corrected chi connectivity index (χ1v) is 5.84. The largest absolute Gasteiger partial charge is 0.485 e. The molecule has 0 aliphatic carbocycles. The minimum Gasteiger partial charge on any atom is -0.485 e. The summed E-state index contributed by atoms with van der Waals surface area (Å²) < 4.78 is 11.0. The van der Waals surface area contributed by atoms with E-state index in [-0.39, 0.29) is 6.10 Å². The van der Waals surface area contributed by atoms with Crippen LogP contribution >= 0.6 is 0 Å². The van der Waals surface area contributed by atoms with E-state index in [1.165, 1.54) is 5.56 Å². The zero-order valence-electron chi connectivity index (χ0n) is 9.69. The topological polar surface area (TPSA) is 44.5 Å². The predicted molar refractivity (Wildman–Crippen MR) is 63.8 cm³/mol. The summed E-state index contributed by atoms with van der Waals surface area (Å²) in [5.74, 6) is 1.43. The Morgan fingerprint density at radius 3 is 2.81 bits per heavy atom. The van der Waals surface area contributed by atoms with Crippen molar-refractivity contribution in [3.8, 4) is 5.75 Å². The van der Waals surface area contributed by atoms with Gasteiger partial charge in [0.25, 0.3) is 0 Å². The molecule has 1 saturated heterocycles. The molecule has 1 aromatic rings. The second-order valence-electron chi connectivity index (χ2n) is 4.29. The van der Waals surface area contributed by atoms with Crippen LogP contribution in [0.2, 0.25) is 0 Å². The fraction of sp³-hybridized carbons (Fsp3) is 0.538. The van der Waals surface area contributed by atoms with Gasteiger partial charge in [0.15, 0.2) is 0 Å². The highest BCUT2D eigenvalue weighted by Crippen LogP contribution is 2.29. The molecule has 2 rings (SSSR count). The van der Waals surface area contributed by atoms with Gasteiger partial charge in [-0.05, 0) is 30.5 Å². The molecule has 0 bridgehead atoms. The Morgan fingerprint density at radius 2 is 2.19 bits per heavy atom. The molecule has 0 aromatic heterocycles. The number of nitrogens with two attached hydrogens (primary N) is 1. The van der Waals surface area contributed by atoms with Gasteiger partial charge in [0.1, 0.15) is 11.9 Å². The first kappa shape index (κ1) is 11.4. The smallest absolute Gasteiger partial charge is 0.145 e. The molecule has 1 aromatic carbocycles. The van der Waals surface area contributed by atoms with Crippen molar-refractivity contribution in [1.29, 1.82) is 0 Å². The van der Waals surface area contributed by atoms with Crippen LogP contribution in [0, 0.1) is 0 Å². The molecule has 1 atom stereocenters. The van der Waals surface area contributed by atoms with Crippen LogP contribution in [0.4, 0.5) is 0 Å². The van der Waals surface area contributed by atoms with Gasteiger partial charge in [0, 0.05) is 0 Å². The maximum absolute atomic E-state index is 5.88. The van der Waals surface area contributed by atoms with Crippen LogP contribution < -0.4 is 10.5 Å². The van der Waals surface area contributed by atoms with Crippen LogP contribution in [0.5, 0.6) is 5.75 Å². The Hall–Kier alpha value is -1.06. The Morgan fingerprint density at radius 1 is 1.44 bits per heavy atom. The molecule has 1 aliphatic heterocycles. The van der Waals surface area contributed by atoms with Crippen molar-refractivity contribution in [1.82, 2.24) is 0 Å². The zero-order valence-corrected chi connectivity index (χ0v) is 9.69. The van der Waals surface area contributed by atoms with E-state index in [1.54, 1.807) is 0 Å². The van der Waals surface area contributed by atoms with E-state index in [1.807, 2.05) is 18.2 Å². The van der Waals surface area contributed by atoms with Crippen LogP contribution in [-0.4, -0.2) is 25.9 Å². The molecule has 0 amide bonds. The monoisotopic (exact) mass is 221 g/mol. The standard InChI is InChI=1S/C13H19NO2/c1-10(6-7-14)12-4-2-3-5-13(12)16-11-8-15-9-11/h2-5,10-11H,6-9,14H2,1H3. The van der Waals surface area contributed by atoms with E-state index in [9.17, 15) is 0 Å². The maximum Gasteiger partial charge on any atom is 0.145 e. The molecule has 0 saturated carbocycles. The molecule has 1 aliphatic rings. The van der Waals surface area contributed by atoms with Crippen LogP contribution in [0.25, 0.3) is 0 Å². The SMILES string of the molecule is CC(CCN)c1ccccc1OC1COC1. The Balaban J connectivity index is 2.09. The lowest BCUT2D eigenvalue weighted by Gasteiger charge is -2.28. The number of rotatable bonds is 5. The van der Waals surface area contributed by atoms with Gasteiger partial charge in [-0.2, -0.15) is 0 Å². The third-order valence-electron chi connectivity index (χ3n) is 2.95. The van der Waals surface area contributed by atoms with Gasteiger partial charge in [0.05, 0.1) is 13.2 Å². The molecule has 1 heterocycles. The fourth-order valence-electron chi connectivity index (χ4n) is 1.86. The van der Waals surface area contributed by atoms with E-state index >= 15 is 0 Å². The van der Waals surface area contributed by atoms with Gasteiger partial charge in [0.2, 0.25) is 0 Å². The van der Waals surface area contributed by atoms with E-state index in [2.05, 4.69) is 13.0 Å². The molecule has 0 spiro atoms. The van der Waals surface area contributed by atoms with Crippen LogP contribution in [-0.2, 0) is 4.74 Å².